The van der Waals surface area contributed by atoms with Gasteiger partial charge in [-0.15, -0.1) is 11.3 Å². The Morgan fingerprint density at radius 3 is 2.88 bits per heavy atom. The van der Waals surface area contributed by atoms with Gasteiger partial charge in [0.15, 0.2) is 0 Å². The average molecular weight is 339 g/mol. The zero-order valence-electron chi connectivity index (χ0n) is 14.0. The van der Waals surface area contributed by atoms with E-state index in [1.54, 1.807) is 17.7 Å². The molecule has 1 saturated heterocycles. The van der Waals surface area contributed by atoms with Crippen LogP contribution in [0.3, 0.4) is 0 Å². The highest BCUT2D eigenvalue weighted by molar-refractivity contribution is 7.18. The van der Waals surface area contributed by atoms with Crippen molar-refractivity contribution in [3.05, 3.63) is 53.2 Å². The highest BCUT2D eigenvalue weighted by Crippen LogP contribution is 2.35. The molecule has 0 N–H and O–H groups in total. The second kappa shape index (κ2) is 6.15. The molecule has 4 nitrogen and oxygen atoms in total. The van der Waals surface area contributed by atoms with Gasteiger partial charge < -0.3 is 9.64 Å². The summed E-state index contributed by atoms with van der Waals surface area (Å²) in [6.45, 7) is 6.69. The van der Waals surface area contributed by atoms with E-state index >= 15 is 0 Å². The van der Waals surface area contributed by atoms with Crippen LogP contribution in [-0.4, -0.2) is 29.7 Å². The fourth-order valence-corrected chi connectivity index (χ4v) is 4.26. The van der Waals surface area contributed by atoms with Crippen LogP contribution < -0.4 is 4.90 Å². The van der Waals surface area contributed by atoms with Crippen LogP contribution in [0.2, 0.25) is 0 Å². The number of ether oxygens (including phenoxy) is 1. The van der Waals surface area contributed by atoms with Gasteiger partial charge >= 0.3 is 0 Å². The van der Waals surface area contributed by atoms with Gasteiger partial charge in [0.25, 0.3) is 0 Å². The van der Waals surface area contributed by atoms with Gasteiger partial charge in [-0.1, -0.05) is 37.3 Å². The van der Waals surface area contributed by atoms with Gasteiger partial charge in [-0.2, -0.15) is 0 Å². The highest BCUT2D eigenvalue weighted by atomic mass is 32.1. The Labute approximate surface area is 146 Å². The Bertz CT molecular complexity index is 848. The van der Waals surface area contributed by atoms with E-state index in [0.29, 0.717) is 6.61 Å². The Hall–Kier alpha value is -1.98. The summed E-state index contributed by atoms with van der Waals surface area (Å²) in [5, 5.41) is 1.16. The second-order valence-corrected chi connectivity index (χ2v) is 7.46. The van der Waals surface area contributed by atoms with Crippen molar-refractivity contribution in [3.63, 3.8) is 0 Å². The standard InChI is InChI=1S/C19H21N3OS/c1-3-15-11-16-17(20-13-21-18(16)24-15)22-9-10-23-19(2,12-22)14-7-5-4-6-8-14/h4-8,11,13H,3,9-10,12H2,1-2H3. The minimum Gasteiger partial charge on any atom is -0.367 e. The van der Waals surface area contributed by atoms with E-state index < -0.39 is 0 Å². The van der Waals surface area contributed by atoms with Crippen LogP contribution in [0.1, 0.15) is 24.3 Å². The summed E-state index contributed by atoms with van der Waals surface area (Å²) in [5.74, 6) is 1.03. The van der Waals surface area contributed by atoms with E-state index in [2.05, 4.69) is 59.0 Å². The van der Waals surface area contributed by atoms with Crippen LogP contribution in [0, 0.1) is 0 Å². The number of morpholine rings is 1. The molecule has 0 radical (unpaired) electrons. The summed E-state index contributed by atoms with van der Waals surface area (Å²) in [7, 11) is 0. The number of rotatable bonds is 3. The summed E-state index contributed by atoms with van der Waals surface area (Å²) >= 11 is 1.76. The predicted octanol–water partition coefficient (Wildman–Crippen LogP) is 4.01. The first kappa shape index (κ1) is 15.5. The van der Waals surface area contributed by atoms with Crippen molar-refractivity contribution in [3.8, 4) is 0 Å². The molecular formula is C19H21N3OS. The monoisotopic (exact) mass is 339 g/mol. The lowest BCUT2D eigenvalue weighted by Crippen LogP contribution is -2.48. The quantitative estimate of drug-likeness (QED) is 0.723. The second-order valence-electron chi connectivity index (χ2n) is 6.35. The zero-order chi connectivity index (χ0) is 16.6. The third-order valence-corrected chi connectivity index (χ3v) is 5.85. The molecule has 3 aromatic rings. The van der Waals surface area contributed by atoms with Gasteiger partial charge in [0, 0.05) is 11.4 Å². The molecule has 1 atom stereocenters. The third-order valence-electron chi connectivity index (χ3n) is 4.67. The molecule has 0 saturated carbocycles. The number of aryl methyl sites for hydroxylation is 1. The summed E-state index contributed by atoms with van der Waals surface area (Å²) in [5.41, 5.74) is 0.889. The Morgan fingerprint density at radius 1 is 1.25 bits per heavy atom. The molecule has 1 fully saturated rings. The largest absolute Gasteiger partial charge is 0.367 e. The normalized spacial score (nSPS) is 21.3. The lowest BCUT2D eigenvalue weighted by Gasteiger charge is -2.41. The average Bonchev–Trinajstić information content (AvgIpc) is 3.06. The van der Waals surface area contributed by atoms with Crippen molar-refractivity contribution in [2.75, 3.05) is 24.6 Å². The molecular weight excluding hydrogens is 318 g/mol. The van der Waals surface area contributed by atoms with Crippen molar-refractivity contribution >= 4 is 27.4 Å². The molecule has 0 spiro atoms. The number of fused-ring (bicyclic) bond motifs is 1. The van der Waals surface area contributed by atoms with E-state index in [1.165, 1.54) is 10.4 Å². The van der Waals surface area contributed by atoms with E-state index in [9.17, 15) is 0 Å². The summed E-state index contributed by atoms with van der Waals surface area (Å²) in [6.07, 6.45) is 2.72. The van der Waals surface area contributed by atoms with Crippen molar-refractivity contribution in [2.24, 2.45) is 0 Å². The molecule has 1 aliphatic heterocycles. The SMILES string of the molecule is CCc1cc2c(N3CCOC(C)(c4ccccc4)C3)ncnc2s1. The molecule has 1 aliphatic rings. The maximum atomic E-state index is 6.16. The molecule has 0 aliphatic carbocycles. The summed E-state index contributed by atoms with van der Waals surface area (Å²) < 4.78 is 6.16. The molecule has 24 heavy (non-hydrogen) atoms. The lowest BCUT2D eigenvalue weighted by molar-refractivity contribution is -0.0467. The number of thiophene rings is 1. The third kappa shape index (κ3) is 2.68. The molecule has 4 rings (SSSR count). The molecule has 124 valence electrons. The number of nitrogens with zero attached hydrogens (tertiary/aromatic N) is 3. The lowest BCUT2D eigenvalue weighted by atomic mass is 9.94. The van der Waals surface area contributed by atoms with E-state index in [4.69, 9.17) is 4.74 Å². The van der Waals surface area contributed by atoms with Crippen LogP contribution in [0.15, 0.2) is 42.7 Å². The van der Waals surface area contributed by atoms with Crippen LogP contribution in [0.4, 0.5) is 5.82 Å². The molecule has 2 aromatic heterocycles. The van der Waals surface area contributed by atoms with Crippen molar-refractivity contribution in [1.29, 1.82) is 0 Å². The number of anilines is 1. The molecule has 0 bridgehead atoms. The summed E-state index contributed by atoms with van der Waals surface area (Å²) in [6, 6.07) is 12.7. The fraction of sp³-hybridized carbons (Fsp3) is 0.368. The highest BCUT2D eigenvalue weighted by Gasteiger charge is 2.35. The first-order chi connectivity index (χ1) is 11.7. The van der Waals surface area contributed by atoms with Crippen LogP contribution in [0.5, 0.6) is 0 Å². The molecule has 1 unspecified atom stereocenters. The fourth-order valence-electron chi connectivity index (χ4n) is 3.34. The van der Waals surface area contributed by atoms with Gasteiger partial charge in [-0.3, -0.25) is 0 Å². The van der Waals surface area contributed by atoms with Crippen molar-refractivity contribution in [2.45, 2.75) is 25.9 Å². The Balaban J connectivity index is 1.71. The van der Waals surface area contributed by atoms with Gasteiger partial charge in [0.2, 0.25) is 0 Å². The molecule has 1 aromatic carbocycles. The van der Waals surface area contributed by atoms with Gasteiger partial charge in [0.05, 0.1) is 18.5 Å². The Morgan fingerprint density at radius 2 is 2.08 bits per heavy atom. The van der Waals surface area contributed by atoms with Crippen molar-refractivity contribution in [1.82, 2.24) is 9.97 Å². The van der Waals surface area contributed by atoms with Crippen LogP contribution >= 0.6 is 11.3 Å². The summed E-state index contributed by atoms with van der Waals surface area (Å²) in [4.78, 5) is 13.8. The number of hydrogen-bond acceptors (Lipinski definition) is 5. The first-order valence-corrected chi connectivity index (χ1v) is 9.19. The van der Waals surface area contributed by atoms with Crippen LogP contribution in [0.25, 0.3) is 10.2 Å². The van der Waals surface area contributed by atoms with Crippen molar-refractivity contribution < 1.29 is 4.74 Å². The molecule has 5 heteroatoms. The maximum absolute atomic E-state index is 6.16. The Kier molecular flexibility index (Phi) is 3.98. The predicted molar refractivity (Wildman–Crippen MR) is 98.8 cm³/mol. The minimum atomic E-state index is -0.319. The molecule has 3 heterocycles. The van der Waals surface area contributed by atoms with E-state index in [0.717, 1.165) is 35.5 Å². The number of benzene rings is 1. The van der Waals surface area contributed by atoms with E-state index in [1.807, 2.05) is 6.07 Å². The van der Waals surface area contributed by atoms with Gasteiger partial charge in [-0.25, -0.2) is 9.97 Å². The van der Waals surface area contributed by atoms with Crippen LogP contribution in [-0.2, 0) is 16.8 Å². The van der Waals surface area contributed by atoms with E-state index in [-0.39, 0.29) is 5.60 Å². The molecule has 0 amide bonds. The van der Waals surface area contributed by atoms with Gasteiger partial charge in [-0.05, 0) is 25.0 Å². The zero-order valence-corrected chi connectivity index (χ0v) is 14.8. The number of aromatic nitrogens is 2. The smallest absolute Gasteiger partial charge is 0.140 e. The maximum Gasteiger partial charge on any atom is 0.140 e. The van der Waals surface area contributed by atoms with Gasteiger partial charge in [0.1, 0.15) is 22.6 Å². The first-order valence-electron chi connectivity index (χ1n) is 8.37. The number of hydrogen-bond donors (Lipinski definition) is 0. The topological polar surface area (TPSA) is 38.2 Å². The minimum absolute atomic E-state index is 0.319.